The first kappa shape index (κ1) is 22.6. The van der Waals surface area contributed by atoms with Crippen molar-refractivity contribution in [3.63, 3.8) is 0 Å². The van der Waals surface area contributed by atoms with E-state index in [9.17, 15) is 38.1 Å². The summed E-state index contributed by atoms with van der Waals surface area (Å²) in [6, 6.07) is 7.14. The number of nitrogens with zero attached hydrogens (tertiary/aromatic N) is 2. The van der Waals surface area contributed by atoms with E-state index < -0.39 is 60.2 Å². The molecule has 34 heavy (non-hydrogen) atoms. The van der Waals surface area contributed by atoms with E-state index in [4.69, 9.17) is 4.74 Å². The van der Waals surface area contributed by atoms with Crippen LogP contribution in [0.15, 0.2) is 36.4 Å². The van der Waals surface area contributed by atoms with Crippen molar-refractivity contribution in [2.45, 2.75) is 12.7 Å². The number of carbonyl (C=O) groups excluding carboxylic acids is 4. The Kier molecular flexibility index (Phi) is 5.56. The molecule has 0 fully saturated rings. The van der Waals surface area contributed by atoms with Crippen molar-refractivity contribution >= 4 is 35.1 Å². The van der Waals surface area contributed by atoms with Gasteiger partial charge in [-0.1, -0.05) is 6.07 Å². The summed E-state index contributed by atoms with van der Waals surface area (Å²) in [6.07, 6.45) is -4.28. The van der Waals surface area contributed by atoms with E-state index in [-0.39, 0.29) is 28.3 Å². The summed E-state index contributed by atoms with van der Waals surface area (Å²) in [5.41, 5.74) is -0.946. The molecule has 2 aliphatic heterocycles. The van der Waals surface area contributed by atoms with Crippen molar-refractivity contribution in [3.8, 4) is 11.5 Å². The number of nitro benzene ring substituents is 1. The number of hydrogen-bond donors (Lipinski definition) is 1. The number of alkyl halides is 2. The Morgan fingerprint density at radius 1 is 1.12 bits per heavy atom. The molecule has 2 aliphatic rings. The summed E-state index contributed by atoms with van der Waals surface area (Å²) < 4.78 is 39.4. The number of imide groups is 1. The quantitative estimate of drug-likeness (QED) is 0.273. The number of anilines is 1. The molecule has 4 rings (SSSR count). The molecule has 0 unspecified atom stereocenters. The second kappa shape index (κ2) is 8.38. The highest BCUT2D eigenvalue weighted by molar-refractivity contribution is 6.23. The molecular weight excluding hydrogens is 464 g/mol. The maximum Gasteiger partial charge on any atom is 0.586 e. The van der Waals surface area contributed by atoms with Crippen molar-refractivity contribution in [2.24, 2.45) is 0 Å². The Labute approximate surface area is 188 Å². The molecule has 3 amide bonds. The van der Waals surface area contributed by atoms with Crippen LogP contribution in [0.5, 0.6) is 11.5 Å². The molecule has 0 atom stereocenters. The second-order valence-corrected chi connectivity index (χ2v) is 7.01. The standard InChI is InChI=1S/C20H13F2N3O9/c21-20(22)33-13-5-4-10(8-14(13)34-20)23-15(26)9-32-16(27)6-7-24-18(28)11-2-1-3-12(25(30)31)17(11)19(24)29/h1-5,8H,6-7,9H2,(H,23,26). The zero-order valence-electron chi connectivity index (χ0n) is 16.9. The minimum absolute atomic E-state index is 0.0775. The summed E-state index contributed by atoms with van der Waals surface area (Å²) >= 11 is 0. The van der Waals surface area contributed by atoms with Gasteiger partial charge in [0.25, 0.3) is 23.4 Å². The zero-order valence-corrected chi connectivity index (χ0v) is 16.9. The van der Waals surface area contributed by atoms with Crippen molar-refractivity contribution in [1.29, 1.82) is 0 Å². The molecule has 2 aromatic rings. The lowest BCUT2D eigenvalue weighted by molar-refractivity contribution is -0.385. The van der Waals surface area contributed by atoms with Gasteiger partial charge >= 0.3 is 12.3 Å². The number of benzene rings is 2. The predicted octanol–water partition coefficient (Wildman–Crippen LogP) is 2.08. The molecule has 0 saturated heterocycles. The fourth-order valence-electron chi connectivity index (χ4n) is 3.32. The van der Waals surface area contributed by atoms with Gasteiger partial charge in [-0.15, -0.1) is 8.78 Å². The number of fused-ring (bicyclic) bond motifs is 2. The zero-order chi connectivity index (χ0) is 24.6. The van der Waals surface area contributed by atoms with Crippen molar-refractivity contribution < 1.29 is 47.1 Å². The Morgan fingerprint density at radius 3 is 2.59 bits per heavy atom. The summed E-state index contributed by atoms with van der Waals surface area (Å²) in [4.78, 5) is 59.8. The van der Waals surface area contributed by atoms with Gasteiger partial charge < -0.3 is 19.5 Å². The van der Waals surface area contributed by atoms with Crippen molar-refractivity contribution in [3.05, 3.63) is 57.6 Å². The Bertz CT molecular complexity index is 1250. The first-order chi connectivity index (χ1) is 16.1. The molecule has 176 valence electrons. The molecule has 12 nitrogen and oxygen atoms in total. The van der Waals surface area contributed by atoms with Crippen LogP contribution in [0.3, 0.4) is 0 Å². The van der Waals surface area contributed by atoms with Crippen LogP contribution in [0, 0.1) is 10.1 Å². The van der Waals surface area contributed by atoms with Crippen LogP contribution in [0.2, 0.25) is 0 Å². The van der Waals surface area contributed by atoms with Gasteiger partial charge in [-0.3, -0.25) is 34.2 Å². The number of rotatable bonds is 7. The largest absolute Gasteiger partial charge is 0.586 e. The topological polar surface area (TPSA) is 154 Å². The molecule has 0 bridgehead atoms. The van der Waals surface area contributed by atoms with Crippen LogP contribution >= 0.6 is 0 Å². The average Bonchev–Trinajstić information content (AvgIpc) is 3.22. The van der Waals surface area contributed by atoms with Crippen LogP contribution in [0.4, 0.5) is 20.2 Å². The summed E-state index contributed by atoms with van der Waals surface area (Å²) in [6.45, 7) is -1.16. The van der Waals surface area contributed by atoms with Gasteiger partial charge in [0.2, 0.25) is 0 Å². The fourth-order valence-corrected chi connectivity index (χ4v) is 3.32. The predicted molar refractivity (Wildman–Crippen MR) is 105 cm³/mol. The third-order valence-electron chi connectivity index (χ3n) is 4.76. The fraction of sp³-hybridized carbons (Fsp3) is 0.200. The van der Waals surface area contributed by atoms with Gasteiger partial charge in [0.15, 0.2) is 18.1 Å². The molecular formula is C20H13F2N3O9. The third kappa shape index (κ3) is 4.32. The number of amides is 3. The van der Waals surface area contributed by atoms with Gasteiger partial charge in [-0.2, -0.15) is 0 Å². The molecule has 14 heteroatoms. The Hall–Kier alpha value is -4.62. The smallest absolute Gasteiger partial charge is 0.456 e. The third-order valence-corrected chi connectivity index (χ3v) is 4.76. The van der Waals surface area contributed by atoms with Gasteiger partial charge in [0.1, 0.15) is 5.56 Å². The first-order valence-electron chi connectivity index (χ1n) is 9.55. The van der Waals surface area contributed by atoms with Gasteiger partial charge in [-0.25, -0.2) is 0 Å². The minimum Gasteiger partial charge on any atom is -0.456 e. The molecule has 0 saturated carbocycles. The van der Waals surface area contributed by atoms with E-state index in [1.54, 1.807) is 0 Å². The van der Waals surface area contributed by atoms with Crippen LogP contribution in [-0.2, 0) is 14.3 Å². The number of hydrogen-bond acceptors (Lipinski definition) is 9. The second-order valence-electron chi connectivity index (χ2n) is 7.01. The van der Waals surface area contributed by atoms with E-state index in [1.165, 1.54) is 18.2 Å². The molecule has 0 radical (unpaired) electrons. The number of carbonyl (C=O) groups is 4. The van der Waals surface area contributed by atoms with Crippen molar-refractivity contribution in [1.82, 2.24) is 4.90 Å². The Balaban J connectivity index is 1.28. The van der Waals surface area contributed by atoms with E-state index in [2.05, 4.69) is 14.8 Å². The summed E-state index contributed by atoms with van der Waals surface area (Å²) in [7, 11) is 0. The van der Waals surface area contributed by atoms with E-state index in [0.29, 0.717) is 4.90 Å². The van der Waals surface area contributed by atoms with Gasteiger partial charge in [0.05, 0.1) is 16.9 Å². The summed E-state index contributed by atoms with van der Waals surface area (Å²) in [5, 5.41) is 13.4. The lowest BCUT2D eigenvalue weighted by Gasteiger charge is -2.13. The lowest BCUT2D eigenvalue weighted by atomic mass is 10.1. The SMILES string of the molecule is O=C(COC(=O)CCN1C(=O)c2cccc([N+](=O)[O-])c2C1=O)Nc1ccc2c(c1)OC(F)(F)O2. The number of halogens is 2. The molecule has 2 aromatic carbocycles. The highest BCUT2D eigenvalue weighted by Gasteiger charge is 2.43. The normalized spacial score (nSPS) is 15.2. The van der Waals surface area contributed by atoms with Crippen molar-refractivity contribution in [2.75, 3.05) is 18.5 Å². The molecule has 0 aromatic heterocycles. The number of nitro groups is 1. The molecule has 2 heterocycles. The highest BCUT2D eigenvalue weighted by Crippen LogP contribution is 2.42. The molecule has 0 aliphatic carbocycles. The number of nitrogens with one attached hydrogen (secondary N) is 1. The highest BCUT2D eigenvalue weighted by atomic mass is 19.3. The summed E-state index contributed by atoms with van der Waals surface area (Å²) in [5.74, 6) is -3.93. The lowest BCUT2D eigenvalue weighted by Crippen LogP contribution is -2.32. The maximum absolute atomic E-state index is 13.0. The average molecular weight is 477 g/mol. The molecule has 1 N–H and O–H groups in total. The van der Waals surface area contributed by atoms with Gasteiger partial charge in [0, 0.05) is 24.4 Å². The maximum atomic E-state index is 13.0. The number of ether oxygens (including phenoxy) is 3. The van der Waals surface area contributed by atoms with Crippen LogP contribution in [-0.4, -0.2) is 53.0 Å². The minimum atomic E-state index is -3.81. The van der Waals surface area contributed by atoms with E-state index >= 15 is 0 Å². The van der Waals surface area contributed by atoms with Crippen LogP contribution in [0.1, 0.15) is 27.1 Å². The van der Waals surface area contributed by atoms with E-state index in [0.717, 1.165) is 18.2 Å². The molecule has 0 spiro atoms. The van der Waals surface area contributed by atoms with Crippen LogP contribution < -0.4 is 14.8 Å². The monoisotopic (exact) mass is 477 g/mol. The van der Waals surface area contributed by atoms with E-state index in [1.807, 2.05) is 0 Å². The number of esters is 1. The Morgan fingerprint density at radius 2 is 1.85 bits per heavy atom. The van der Waals surface area contributed by atoms with Crippen LogP contribution in [0.25, 0.3) is 0 Å². The first-order valence-corrected chi connectivity index (χ1v) is 9.55. The van der Waals surface area contributed by atoms with Gasteiger partial charge in [-0.05, 0) is 18.2 Å².